The van der Waals surface area contributed by atoms with Crippen molar-refractivity contribution in [2.24, 2.45) is 5.92 Å². The predicted molar refractivity (Wildman–Crippen MR) is 96.0 cm³/mol. The molecular formula is C18H27N3O2S. The molecule has 2 aliphatic rings. The van der Waals surface area contributed by atoms with Crippen molar-refractivity contribution >= 4 is 23.2 Å². The molecule has 0 atom stereocenters. The third-order valence-electron chi connectivity index (χ3n) is 5.16. The van der Waals surface area contributed by atoms with Crippen molar-refractivity contribution in [1.82, 2.24) is 15.1 Å². The Hall–Kier alpha value is -1.40. The van der Waals surface area contributed by atoms with Crippen molar-refractivity contribution < 1.29 is 9.59 Å². The molecule has 0 radical (unpaired) electrons. The smallest absolute Gasteiger partial charge is 0.240 e. The highest BCUT2D eigenvalue weighted by atomic mass is 32.1. The maximum absolute atomic E-state index is 12.6. The topological polar surface area (TPSA) is 52.7 Å². The Labute approximate surface area is 148 Å². The fourth-order valence-corrected chi connectivity index (χ4v) is 4.55. The Kier molecular flexibility index (Phi) is 5.25. The molecule has 2 aliphatic heterocycles. The molecule has 1 aromatic rings. The Balaban J connectivity index is 1.65. The van der Waals surface area contributed by atoms with Gasteiger partial charge in [-0.25, -0.2) is 0 Å². The van der Waals surface area contributed by atoms with E-state index in [-0.39, 0.29) is 11.8 Å². The van der Waals surface area contributed by atoms with Crippen LogP contribution >= 0.6 is 11.3 Å². The lowest BCUT2D eigenvalue weighted by Crippen LogP contribution is -2.68. The normalized spacial score (nSPS) is 21.3. The fourth-order valence-electron chi connectivity index (χ4n) is 3.88. The number of likely N-dealkylation sites (tertiary alicyclic amines) is 1. The van der Waals surface area contributed by atoms with Gasteiger partial charge in [-0.1, -0.05) is 13.8 Å². The Morgan fingerprint density at radius 3 is 2.71 bits per heavy atom. The Bertz CT molecular complexity index is 577. The number of piperidine rings is 1. The molecule has 2 fully saturated rings. The highest BCUT2D eigenvalue weighted by Gasteiger charge is 2.48. The molecule has 1 spiro atoms. The first-order valence-corrected chi connectivity index (χ1v) is 9.78. The van der Waals surface area contributed by atoms with Crippen LogP contribution in [0.3, 0.4) is 0 Å². The summed E-state index contributed by atoms with van der Waals surface area (Å²) >= 11 is 1.62. The van der Waals surface area contributed by atoms with Gasteiger partial charge >= 0.3 is 0 Å². The summed E-state index contributed by atoms with van der Waals surface area (Å²) < 4.78 is 0. The quantitative estimate of drug-likeness (QED) is 0.901. The molecule has 0 bridgehead atoms. The second kappa shape index (κ2) is 7.23. The van der Waals surface area contributed by atoms with Gasteiger partial charge in [-0.15, -0.1) is 0 Å². The summed E-state index contributed by atoms with van der Waals surface area (Å²) in [5, 5.41) is 7.08. The van der Waals surface area contributed by atoms with Crippen molar-refractivity contribution in [2.45, 2.75) is 38.6 Å². The number of nitrogens with one attached hydrogen (secondary N) is 1. The van der Waals surface area contributed by atoms with E-state index in [1.54, 1.807) is 11.3 Å². The molecule has 24 heavy (non-hydrogen) atoms. The SMILES string of the molecule is CC(C)CN1CCNC(=O)C12CCN(C(=O)Cc1ccsc1)CC2. The minimum absolute atomic E-state index is 0.152. The average molecular weight is 350 g/mol. The van der Waals surface area contributed by atoms with Gasteiger partial charge in [0.15, 0.2) is 0 Å². The van der Waals surface area contributed by atoms with Crippen molar-refractivity contribution in [3.63, 3.8) is 0 Å². The van der Waals surface area contributed by atoms with Crippen LogP contribution < -0.4 is 5.32 Å². The standard InChI is InChI=1S/C18H27N3O2S/c1-14(2)12-21-9-6-19-17(23)18(21)4-7-20(8-5-18)16(22)11-15-3-10-24-13-15/h3,10,13-14H,4-9,11-12H2,1-2H3,(H,19,23). The van der Waals surface area contributed by atoms with Crippen LogP contribution in [0.15, 0.2) is 16.8 Å². The number of amides is 2. The largest absolute Gasteiger partial charge is 0.353 e. The lowest BCUT2D eigenvalue weighted by Gasteiger charge is -2.50. The molecule has 1 aromatic heterocycles. The van der Waals surface area contributed by atoms with Crippen LogP contribution in [0, 0.1) is 5.92 Å². The van der Waals surface area contributed by atoms with Crippen LogP contribution in [-0.4, -0.2) is 59.9 Å². The molecule has 6 heteroatoms. The van der Waals surface area contributed by atoms with E-state index in [2.05, 4.69) is 24.1 Å². The van der Waals surface area contributed by atoms with E-state index in [4.69, 9.17) is 0 Å². The summed E-state index contributed by atoms with van der Waals surface area (Å²) in [6, 6.07) is 2.01. The molecule has 0 aromatic carbocycles. The van der Waals surface area contributed by atoms with Gasteiger partial charge in [-0.05, 0) is 41.1 Å². The van der Waals surface area contributed by atoms with Gasteiger partial charge < -0.3 is 10.2 Å². The highest BCUT2D eigenvalue weighted by Crippen LogP contribution is 2.32. The maximum Gasteiger partial charge on any atom is 0.240 e. The van der Waals surface area contributed by atoms with Gasteiger partial charge in [0, 0.05) is 32.7 Å². The van der Waals surface area contributed by atoms with E-state index in [0.717, 1.165) is 38.0 Å². The first kappa shape index (κ1) is 17.4. The predicted octanol–water partition coefficient (Wildman–Crippen LogP) is 1.74. The van der Waals surface area contributed by atoms with E-state index in [9.17, 15) is 9.59 Å². The van der Waals surface area contributed by atoms with Crippen molar-refractivity contribution in [3.8, 4) is 0 Å². The van der Waals surface area contributed by atoms with Crippen molar-refractivity contribution in [2.75, 3.05) is 32.7 Å². The van der Waals surface area contributed by atoms with Crippen LogP contribution in [0.1, 0.15) is 32.3 Å². The van der Waals surface area contributed by atoms with Crippen LogP contribution in [0.4, 0.5) is 0 Å². The summed E-state index contributed by atoms with van der Waals surface area (Å²) in [5.41, 5.74) is 0.670. The number of piperazine rings is 1. The number of thiophene rings is 1. The van der Waals surface area contributed by atoms with Gasteiger partial charge in [0.25, 0.3) is 0 Å². The minimum atomic E-state index is -0.415. The van der Waals surface area contributed by atoms with Gasteiger partial charge in [-0.2, -0.15) is 11.3 Å². The van der Waals surface area contributed by atoms with Gasteiger partial charge in [-0.3, -0.25) is 14.5 Å². The third kappa shape index (κ3) is 3.49. The Morgan fingerprint density at radius 2 is 2.08 bits per heavy atom. The zero-order chi connectivity index (χ0) is 17.2. The average Bonchev–Trinajstić information content (AvgIpc) is 3.05. The van der Waals surface area contributed by atoms with Gasteiger partial charge in [0.05, 0.1) is 6.42 Å². The maximum atomic E-state index is 12.6. The zero-order valence-corrected chi connectivity index (χ0v) is 15.4. The molecule has 2 saturated heterocycles. The number of hydrogen-bond acceptors (Lipinski definition) is 4. The molecule has 1 N–H and O–H groups in total. The number of nitrogens with zero attached hydrogens (tertiary/aromatic N) is 2. The zero-order valence-electron chi connectivity index (χ0n) is 14.6. The summed E-state index contributed by atoms with van der Waals surface area (Å²) in [4.78, 5) is 29.4. The number of carbonyl (C=O) groups is 2. The summed E-state index contributed by atoms with van der Waals surface area (Å²) in [6.45, 7) is 8.31. The summed E-state index contributed by atoms with van der Waals surface area (Å²) in [5.74, 6) is 0.861. The molecule has 3 rings (SSSR count). The Morgan fingerprint density at radius 1 is 1.33 bits per heavy atom. The van der Waals surface area contributed by atoms with Crippen LogP contribution in [0.5, 0.6) is 0 Å². The second-order valence-electron chi connectivity index (χ2n) is 7.32. The third-order valence-corrected chi connectivity index (χ3v) is 5.89. The van der Waals surface area contributed by atoms with Gasteiger partial charge in [0.2, 0.25) is 11.8 Å². The van der Waals surface area contributed by atoms with E-state index in [1.807, 2.05) is 21.7 Å². The molecule has 0 unspecified atom stereocenters. The first-order chi connectivity index (χ1) is 11.5. The number of carbonyl (C=O) groups excluding carboxylic acids is 2. The molecule has 0 saturated carbocycles. The number of hydrogen-bond donors (Lipinski definition) is 1. The summed E-state index contributed by atoms with van der Waals surface area (Å²) in [6.07, 6.45) is 1.94. The molecule has 3 heterocycles. The second-order valence-corrected chi connectivity index (χ2v) is 8.10. The first-order valence-electron chi connectivity index (χ1n) is 8.83. The van der Waals surface area contributed by atoms with Crippen LogP contribution in [0.2, 0.25) is 0 Å². The van der Waals surface area contributed by atoms with E-state index >= 15 is 0 Å². The van der Waals surface area contributed by atoms with E-state index < -0.39 is 5.54 Å². The molecule has 132 valence electrons. The van der Waals surface area contributed by atoms with Gasteiger partial charge in [0.1, 0.15) is 5.54 Å². The lowest BCUT2D eigenvalue weighted by atomic mass is 9.82. The van der Waals surface area contributed by atoms with Crippen molar-refractivity contribution in [3.05, 3.63) is 22.4 Å². The minimum Gasteiger partial charge on any atom is -0.353 e. The van der Waals surface area contributed by atoms with E-state index in [1.165, 1.54) is 0 Å². The van der Waals surface area contributed by atoms with E-state index in [0.29, 0.717) is 25.4 Å². The molecule has 5 nitrogen and oxygen atoms in total. The van der Waals surface area contributed by atoms with Crippen molar-refractivity contribution in [1.29, 1.82) is 0 Å². The molecular weight excluding hydrogens is 322 g/mol. The summed E-state index contributed by atoms with van der Waals surface area (Å²) in [7, 11) is 0. The van der Waals surface area contributed by atoms with Crippen LogP contribution in [-0.2, 0) is 16.0 Å². The fraction of sp³-hybridized carbons (Fsp3) is 0.667. The monoisotopic (exact) mass is 349 g/mol. The number of rotatable bonds is 4. The van der Waals surface area contributed by atoms with Crippen LogP contribution in [0.25, 0.3) is 0 Å². The highest BCUT2D eigenvalue weighted by molar-refractivity contribution is 7.08. The molecule has 2 amide bonds. The molecule has 0 aliphatic carbocycles. The lowest BCUT2D eigenvalue weighted by molar-refractivity contribution is -0.146.